The number of amides is 1. The third kappa shape index (κ3) is 4.40. The summed E-state index contributed by atoms with van der Waals surface area (Å²) in [5.74, 6) is 2.68. The third-order valence-electron chi connectivity index (χ3n) is 5.31. The molecule has 33 heavy (non-hydrogen) atoms. The van der Waals surface area contributed by atoms with Gasteiger partial charge in [-0.3, -0.25) is 9.48 Å². The standard InChI is InChI=1S/C23H24N8O2/c1-3-33-17-4-5-19-18(11-17)23(27-16-12-26-30(2)13-16)29-22(28-19)15-6-7-24-20(10-15)31-9-8-25-21(32)14-31/h4-7,10-13H,3,8-9,14H2,1-2H3,(H,25,32)(H,27,28,29). The van der Waals surface area contributed by atoms with Gasteiger partial charge in [0.05, 0.1) is 30.6 Å². The van der Waals surface area contributed by atoms with E-state index in [1.807, 2.05) is 55.4 Å². The zero-order valence-electron chi connectivity index (χ0n) is 18.4. The van der Waals surface area contributed by atoms with Gasteiger partial charge in [0.25, 0.3) is 0 Å². The minimum atomic E-state index is -0.0107. The van der Waals surface area contributed by atoms with E-state index in [1.165, 1.54) is 0 Å². The molecule has 4 heterocycles. The topological polar surface area (TPSA) is 110 Å². The number of hydrogen-bond acceptors (Lipinski definition) is 8. The van der Waals surface area contributed by atoms with Crippen LogP contribution in [0.3, 0.4) is 0 Å². The average Bonchev–Trinajstić information content (AvgIpc) is 3.24. The van der Waals surface area contributed by atoms with Crippen molar-refractivity contribution in [2.75, 3.05) is 36.5 Å². The van der Waals surface area contributed by atoms with E-state index >= 15 is 0 Å². The van der Waals surface area contributed by atoms with Gasteiger partial charge in [0.2, 0.25) is 5.91 Å². The fourth-order valence-electron chi connectivity index (χ4n) is 3.78. The van der Waals surface area contributed by atoms with Crippen molar-refractivity contribution in [2.45, 2.75) is 6.92 Å². The van der Waals surface area contributed by atoms with Gasteiger partial charge < -0.3 is 20.3 Å². The Bertz CT molecular complexity index is 1320. The quantitative estimate of drug-likeness (QED) is 0.467. The van der Waals surface area contributed by atoms with Crippen LogP contribution in [-0.4, -0.2) is 56.9 Å². The summed E-state index contributed by atoms with van der Waals surface area (Å²) < 4.78 is 7.41. The SMILES string of the molecule is CCOc1ccc2nc(-c3ccnc(N4CCNC(=O)C4)c3)nc(Nc3cnn(C)c3)c2c1. The highest BCUT2D eigenvalue weighted by Gasteiger charge is 2.19. The van der Waals surface area contributed by atoms with Crippen LogP contribution in [0.1, 0.15) is 6.92 Å². The van der Waals surface area contributed by atoms with Crippen LogP contribution in [0, 0.1) is 0 Å². The maximum atomic E-state index is 11.8. The molecule has 168 valence electrons. The zero-order chi connectivity index (χ0) is 22.8. The van der Waals surface area contributed by atoms with Crippen molar-refractivity contribution in [3.63, 3.8) is 0 Å². The molecule has 10 heteroatoms. The minimum absolute atomic E-state index is 0.0107. The molecule has 0 saturated carbocycles. The highest BCUT2D eigenvalue weighted by Crippen LogP contribution is 2.31. The monoisotopic (exact) mass is 444 g/mol. The van der Waals surface area contributed by atoms with Gasteiger partial charge in [-0.25, -0.2) is 15.0 Å². The average molecular weight is 444 g/mol. The molecule has 1 aliphatic heterocycles. The minimum Gasteiger partial charge on any atom is -0.494 e. The number of ether oxygens (including phenoxy) is 1. The van der Waals surface area contributed by atoms with Crippen LogP contribution in [0.4, 0.5) is 17.3 Å². The normalized spacial score (nSPS) is 13.8. The largest absolute Gasteiger partial charge is 0.494 e. The van der Waals surface area contributed by atoms with Crippen LogP contribution in [0.2, 0.25) is 0 Å². The summed E-state index contributed by atoms with van der Waals surface area (Å²) in [6.45, 7) is 4.10. The Labute approximate surface area is 190 Å². The molecule has 4 aromatic rings. The predicted octanol–water partition coefficient (Wildman–Crippen LogP) is 2.50. The second-order valence-electron chi connectivity index (χ2n) is 7.71. The molecule has 1 saturated heterocycles. The smallest absolute Gasteiger partial charge is 0.239 e. The molecule has 2 N–H and O–H groups in total. The number of anilines is 3. The number of carbonyl (C=O) groups is 1. The summed E-state index contributed by atoms with van der Waals surface area (Å²) in [4.78, 5) is 27.9. The highest BCUT2D eigenvalue weighted by molar-refractivity contribution is 5.93. The first kappa shape index (κ1) is 20.7. The Morgan fingerprint density at radius 1 is 1.21 bits per heavy atom. The van der Waals surface area contributed by atoms with Gasteiger partial charge >= 0.3 is 0 Å². The summed E-state index contributed by atoms with van der Waals surface area (Å²) >= 11 is 0. The molecule has 0 aliphatic carbocycles. The molecule has 1 fully saturated rings. The van der Waals surface area contributed by atoms with Crippen LogP contribution >= 0.6 is 0 Å². The fraction of sp³-hybridized carbons (Fsp3) is 0.261. The lowest BCUT2D eigenvalue weighted by Gasteiger charge is -2.27. The van der Waals surface area contributed by atoms with Crippen molar-refractivity contribution in [3.05, 3.63) is 48.9 Å². The van der Waals surface area contributed by atoms with Crippen molar-refractivity contribution in [1.29, 1.82) is 0 Å². The number of pyridine rings is 1. The summed E-state index contributed by atoms with van der Waals surface area (Å²) in [6.07, 6.45) is 5.34. The number of hydrogen-bond donors (Lipinski definition) is 2. The van der Waals surface area contributed by atoms with Gasteiger partial charge in [0.1, 0.15) is 17.4 Å². The molecule has 0 bridgehead atoms. The zero-order valence-corrected chi connectivity index (χ0v) is 18.4. The lowest BCUT2D eigenvalue weighted by atomic mass is 10.2. The lowest BCUT2D eigenvalue weighted by molar-refractivity contribution is -0.120. The van der Waals surface area contributed by atoms with Crippen molar-refractivity contribution < 1.29 is 9.53 Å². The highest BCUT2D eigenvalue weighted by atomic mass is 16.5. The first-order valence-electron chi connectivity index (χ1n) is 10.8. The first-order chi connectivity index (χ1) is 16.1. The molecule has 0 radical (unpaired) electrons. The number of nitrogens with zero attached hydrogens (tertiary/aromatic N) is 6. The van der Waals surface area contributed by atoms with Crippen LogP contribution < -0.4 is 20.3 Å². The van der Waals surface area contributed by atoms with Gasteiger partial charge in [-0.1, -0.05) is 0 Å². The number of aryl methyl sites for hydroxylation is 1. The number of aromatic nitrogens is 5. The van der Waals surface area contributed by atoms with Crippen molar-refractivity contribution in [2.24, 2.45) is 7.05 Å². The Kier molecular flexibility index (Phi) is 5.47. The number of benzene rings is 1. The van der Waals surface area contributed by atoms with Gasteiger partial charge in [-0.2, -0.15) is 5.10 Å². The van der Waals surface area contributed by atoms with E-state index in [9.17, 15) is 4.79 Å². The molecule has 0 atom stereocenters. The Hall–Kier alpha value is -4.21. The van der Waals surface area contributed by atoms with Gasteiger partial charge in [-0.15, -0.1) is 0 Å². The molecular weight excluding hydrogens is 420 g/mol. The Morgan fingerprint density at radius 2 is 2.12 bits per heavy atom. The maximum Gasteiger partial charge on any atom is 0.239 e. The van der Waals surface area contributed by atoms with E-state index in [0.29, 0.717) is 31.3 Å². The van der Waals surface area contributed by atoms with E-state index in [-0.39, 0.29) is 12.5 Å². The van der Waals surface area contributed by atoms with E-state index in [4.69, 9.17) is 14.7 Å². The number of nitrogens with one attached hydrogen (secondary N) is 2. The molecule has 1 aliphatic rings. The van der Waals surface area contributed by atoms with Crippen LogP contribution in [0.5, 0.6) is 5.75 Å². The number of rotatable bonds is 6. The molecule has 1 amide bonds. The summed E-state index contributed by atoms with van der Waals surface area (Å²) in [5.41, 5.74) is 2.42. The third-order valence-corrected chi connectivity index (χ3v) is 5.31. The number of piperazine rings is 1. The fourth-order valence-corrected chi connectivity index (χ4v) is 3.78. The molecule has 5 rings (SSSR count). The molecule has 1 aromatic carbocycles. The molecule has 0 spiro atoms. The second-order valence-corrected chi connectivity index (χ2v) is 7.71. The molecule has 0 unspecified atom stereocenters. The second kappa shape index (κ2) is 8.73. The predicted molar refractivity (Wildman–Crippen MR) is 126 cm³/mol. The van der Waals surface area contributed by atoms with Gasteiger partial charge in [0.15, 0.2) is 5.82 Å². The van der Waals surface area contributed by atoms with Gasteiger partial charge in [0, 0.05) is 43.5 Å². The maximum absolute atomic E-state index is 11.8. The Balaban J connectivity index is 1.57. The van der Waals surface area contributed by atoms with Crippen molar-refractivity contribution in [3.8, 4) is 17.1 Å². The van der Waals surface area contributed by atoms with E-state index in [0.717, 1.165) is 33.7 Å². The summed E-state index contributed by atoms with van der Waals surface area (Å²) in [7, 11) is 1.86. The van der Waals surface area contributed by atoms with Crippen LogP contribution in [-0.2, 0) is 11.8 Å². The molecule has 3 aromatic heterocycles. The van der Waals surface area contributed by atoms with Crippen molar-refractivity contribution in [1.82, 2.24) is 30.0 Å². The van der Waals surface area contributed by atoms with E-state index in [1.54, 1.807) is 17.1 Å². The lowest BCUT2D eigenvalue weighted by Crippen LogP contribution is -2.48. The molecular formula is C23H24N8O2. The summed E-state index contributed by atoms with van der Waals surface area (Å²) in [6, 6.07) is 9.56. The Morgan fingerprint density at radius 3 is 2.91 bits per heavy atom. The number of fused-ring (bicyclic) bond motifs is 1. The molecule has 10 nitrogen and oxygen atoms in total. The number of carbonyl (C=O) groups excluding carboxylic acids is 1. The van der Waals surface area contributed by atoms with E-state index < -0.39 is 0 Å². The van der Waals surface area contributed by atoms with Gasteiger partial charge in [-0.05, 0) is 37.3 Å². The first-order valence-corrected chi connectivity index (χ1v) is 10.8. The van der Waals surface area contributed by atoms with Crippen molar-refractivity contribution >= 4 is 34.1 Å². The van der Waals surface area contributed by atoms with E-state index in [2.05, 4.69) is 20.7 Å². The summed E-state index contributed by atoms with van der Waals surface area (Å²) in [5, 5.41) is 11.3. The van der Waals surface area contributed by atoms with Crippen LogP contribution in [0.25, 0.3) is 22.3 Å². The van der Waals surface area contributed by atoms with Crippen LogP contribution in [0.15, 0.2) is 48.9 Å².